The Morgan fingerprint density at radius 2 is 2.50 bits per heavy atom. The second kappa shape index (κ2) is 7.56. The smallest absolute Gasteiger partial charge is 0.327 e. The van der Waals surface area contributed by atoms with Gasteiger partial charge in [0.25, 0.3) is 0 Å². The molecule has 6 heteroatoms. The summed E-state index contributed by atoms with van der Waals surface area (Å²) < 4.78 is 5.55. The Bertz CT molecular complexity index is 207. The van der Waals surface area contributed by atoms with Gasteiger partial charge in [0.15, 0.2) is 0 Å². The zero-order chi connectivity index (χ0) is 11.8. The van der Waals surface area contributed by atoms with E-state index in [9.17, 15) is 4.79 Å². The van der Waals surface area contributed by atoms with Crippen LogP contribution in [0.2, 0.25) is 0 Å². The Balaban J connectivity index is 2.17. The Morgan fingerprint density at radius 1 is 1.69 bits per heavy atom. The monoisotopic (exact) mass is 231 g/mol. The van der Waals surface area contributed by atoms with E-state index in [0.29, 0.717) is 19.1 Å². The molecule has 0 saturated carbocycles. The first-order valence-corrected chi connectivity index (χ1v) is 5.75. The van der Waals surface area contributed by atoms with Gasteiger partial charge in [-0.1, -0.05) is 12.5 Å². The number of rotatable bonds is 7. The number of hydrazine groups is 1. The molecule has 16 heavy (non-hydrogen) atoms. The quantitative estimate of drug-likeness (QED) is 0.467. The molecule has 1 saturated heterocycles. The van der Waals surface area contributed by atoms with Gasteiger partial charge in [0, 0.05) is 19.7 Å². The first kappa shape index (κ1) is 13.4. The summed E-state index contributed by atoms with van der Waals surface area (Å²) in [6.45, 7) is 5.41. The van der Waals surface area contributed by atoms with Gasteiger partial charge in [-0.2, -0.15) is 0 Å². The van der Waals surface area contributed by atoms with Gasteiger partial charge in [-0.25, -0.2) is 5.84 Å². The first-order chi connectivity index (χ1) is 7.76. The van der Waals surface area contributed by atoms with E-state index in [2.05, 4.69) is 16.7 Å². The topological polar surface area (TPSA) is 76.8 Å². The fraction of sp³-hybridized carbons (Fsp3) is 0.900. The second-order valence-electron chi connectivity index (χ2n) is 3.87. The Labute approximate surface area is 96.0 Å². The summed E-state index contributed by atoms with van der Waals surface area (Å²) >= 11 is 0. The molecule has 1 rings (SSSR count). The average molecular weight is 231 g/mol. The van der Waals surface area contributed by atoms with Crippen LogP contribution in [0.3, 0.4) is 0 Å². The molecule has 0 spiro atoms. The van der Waals surface area contributed by atoms with Gasteiger partial charge in [-0.15, -0.1) is 0 Å². The fourth-order valence-electron chi connectivity index (χ4n) is 1.82. The number of likely N-dealkylation sites (N-methyl/N-ethyl adjacent to an activating group) is 1. The van der Waals surface area contributed by atoms with Crippen LogP contribution < -0.4 is 11.4 Å². The van der Waals surface area contributed by atoms with Crippen molar-refractivity contribution in [3.8, 4) is 0 Å². The van der Waals surface area contributed by atoms with Crippen LogP contribution in [-0.4, -0.2) is 43.2 Å². The molecule has 0 aromatic rings. The molecule has 0 radical (unpaired) electrons. The zero-order valence-corrected chi connectivity index (χ0v) is 9.78. The highest BCUT2D eigenvalue weighted by atomic mass is 16.7. The van der Waals surface area contributed by atoms with E-state index >= 15 is 0 Å². The van der Waals surface area contributed by atoms with Crippen LogP contribution in [0.15, 0.2) is 0 Å². The summed E-state index contributed by atoms with van der Waals surface area (Å²) in [6.07, 6.45) is 2.92. The van der Waals surface area contributed by atoms with E-state index in [1.165, 1.54) is 0 Å². The van der Waals surface area contributed by atoms with Crippen molar-refractivity contribution in [1.29, 1.82) is 0 Å². The van der Waals surface area contributed by atoms with Crippen molar-refractivity contribution in [3.05, 3.63) is 0 Å². The average Bonchev–Trinajstić information content (AvgIpc) is 2.77. The number of nitrogens with two attached hydrogens (primary N) is 1. The summed E-state index contributed by atoms with van der Waals surface area (Å²) in [5.74, 6) is 4.53. The van der Waals surface area contributed by atoms with Crippen molar-refractivity contribution in [2.24, 2.45) is 5.84 Å². The third kappa shape index (κ3) is 4.89. The number of nitrogens with zero attached hydrogens (tertiary/aromatic N) is 1. The van der Waals surface area contributed by atoms with Crippen LogP contribution in [0.25, 0.3) is 0 Å². The summed E-state index contributed by atoms with van der Waals surface area (Å²) in [7, 11) is 0. The lowest BCUT2D eigenvalue weighted by Crippen LogP contribution is -2.35. The zero-order valence-electron chi connectivity index (χ0n) is 9.78. The molecule has 3 N–H and O–H groups in total. The number of hydrogen-bond donors (Lipinski definition) is 2. The Kier molecular flexibility index (Phi) is 6.32. The van der Waals surface area contributed by atoms with E-state index in [1.807, 2.05) is 5.59 Å². The third-order valence-corrected chi connectivity index (χ3v) is 2.74. The molecular weight excluding hydrogens is 210 g/mol. The van der Waals surface area contributed by atoms with Crippen molar-refractivity contribution in [2.75, 3.05) is 26.2 Å². The van der Waals surface area contributed by atoms with Crippen molar-refractivity contribution < 1.29 is 14.4 Å². The highest BCUT2D eigenvalue weighted by molar-refractivity contribution is 5.69. The van der Waals surface area contributed by atoms with Gasteiger partial charge in [-0.3, -0.25) is 4.79 Å². The number of nitrogens with one attached hydrogen (secondary N) is 1. The molecule has 0 aliphatic carbocycles. The molecule has 0 aromatic heterocycles. The summed E-state index contributed by atoms with van der Waals surface area (Å²) in [5, 5.41) is 0. The molecule has 1 heterocycles. The molecule has 1 atom stereocenters. The molecule has 6 nitrogen and oxygen atoms in total. The first-order valence-electron chi connectivity index (χ1n) is 5.75. The number of carbonyl (C=O) groups excluding carboxylic acids is 1. The fourth-order valence-corrected chi connectivity index (χ4v) is 1.82. The Morgan fingerprint density at radius 3 is 3.06 bits per heavy atom. The van der Waals surface area contributed by atoms with Crippen LogP contribution in [-0.2, 0) is 14.4 Å². The molecule has 94 valence electrons. The molecule has 0 amide bonds. The van der Waals surface area contributed by atoms with Crippen molar-refractivity contribution in [2.45, 2.75) is 32.3 Å². The van der Waals surface area contributed by atoms with Crippen molar-refractivity contribution in [1.82, 2.24) is 10.5 Å². The van der Waals surface area contributed by atoms with E-state index in [4.69, 9.17) is 10.6 Å². The van der Waals surface area contributed by atoms with Gasteiger partial charge < -0.3 is 14.5 Å². The van der Waals surface area contributed by atoms with E-state index in [-0.39, 0.29) is 5.97 Å². The van der Waals surface area contributed by atoms with Crippen LogP contribution in [0.1, 0.15) is 26.2 Å². The molecular formula is C10H21N3O3. The van der Waals surface area contributed by atoms with Crippen molar-refractivity contribution in [3.63, 3.8) is 0 Å². The standard InChI is InChI=1S/C10H21N3O3/c1-2-13(6-5-10(14)16-12-11)8-9-4-3-7-15-9/h9,12H,2-8,11H2,1H3. The number of hydrogen-bond acceptors (Lipinski definition) is 6. The molecule has 1 aliphatic heterocycles. The number of carbonyl (C=O) groups is 1. The largest absolute Gasteiger partial charge is 0.377 e. The predicted molar refractivity (Wildman–Crippen MR) is 59.1 cm³/mol. The highest BCUT2D eigenvalue weighted by Gasteiger charge is 2.18. The van der Waals surface area contributed by atoms with Crippen molar-refractivity contribution >= 4 is 5.97 Å². The van der Waals surface area contributed by atoms with Gasteiger partial charge in [0.05, 0.1) is 12.5 Å². The van der Waals surface area contributed by atoms with Crippen LogP contribution >= 0.6 is 0 Å². The van der Waals surface area contributed by atoms with E-state index in [1.54, 1.807) is 0 Å². The lowest BCUT2D eigenvalue weighted by molar-refractivity contribution is -0.151. The second-order valence-corrected chi connectivity index (χ2v) is 3.87. The normalized spacial score (nSPS) is 20.3. The molecule has 0 bridgehead atoms. The maximum absolute atomic E-state index is 11.1. The van der Waals surface area contributed by atoms with Gasteiger partial charge in [-0.05, 0) is 19.4 Å². The maximum Gasteiger partial charge on any atom is 0.327 e. The van der Waals surface area contributed by atoms with Gasteiger partial charge >= 0.3 is 5.97 Å². The number of ether oxygens (including phenoxy) is 1. The summed E-state index contributed by atoms with van der Waals surface area (Å²) in [6, 6.07) is 0. The lowest BCUT2D eigenvalue weighted by atomic mass is 10.2. The van der Waals surface area contributed by atoms with Gasteiger partial charge in [0.1, 0.15) is 0 Å². The van der Waals surface area contributed by atoms with Crippen LogP contribution in [0.4, 0.5) is 0 Å². The predicted octanol–water partition coefficient (Wildman–Crippen LogP) is -0.201. The SMILES string of the molecule is CCN(CCC(=O)ONN)CC1CCCO1. The molecule has 1 fully saturated rings. The third-order valence-electron chi connectivity index (χ3n) is 2.74. The van der Waals surface area contributed by atoms with Crippen LogP contribution in [0, 0.1) is 0 Å². The minimum Gasteiger partial charge on any atom is -0.377 e. The molecule has 1 aliphatic rings. The van der Waals surface area contributed by atoms with Gasteiger partial charge in [0.2, 0.25) is 0 Å². The van der Waals surface area contributed by atoms with E-state index < -0.39 is 0 Å². The highest BCUT2D eigenvalue weighted by Crippen LogP contribution is 2.13. The van der Waals surface area contributed by atoms with E-state index in [0.717, 1.165) is 32.5 Å². The summed E-state index contributed by atoms with van der Waals surface area (Å²) in [4.78, 5) is 17.7. The minimum absolute atomic E-state index is 0.323. The lowest BCUT2D eigenvalue weighted by Gasteiger charge is -2.22. The maximum atomic E-state index is 11.1. The van der Waals surface area contributed by atoms with Crippen LogP contribution in [0.5, 0.6) is 0 Å². The molecule has 0 aromatic carbocycles. The summed E-state index contributed by atoms with van der Waals surface area (Å²) in [5.41, 5.74) is 1.89. The molecule has 1 unspecified atom stereocenters. The minimum atomic E-state index is -0.340. The Hall–Kier alpha value is -0.690.